The molecule has 0 aliphatic heterocycles. The van der Waals surface area contributed by atoms with Crippen molar-refractivity contribution in [2.75, 3.05) is 0 Å². The van der Waals surface area contributed by atoms with E-state index in [4.69, 9.17) is 5.26 Å². The molecule has 0 bridgehead atoms. The Morgan fingerprint density at radius 2 is 2.33 bits per heavy atom. The minimum absolute atomic E-state index is 0.673. The molecule has 1 aromatic heterocycles. The predicted molar refractivity (Wildman–Crippen MR) is 53.9 cm³/mol. The van der Waals surface area contributed by atoms with E-state index in [2.05, 4.69) is 34.0 Å². The number of benzene rings is 1. The third-order valence-corrected chi connectivity index (χ3v) is 2.42. The van der Waals surface area contributed by atoms with Crippen molar-refractivity contribution in [2.24, 2.45) is 0 Å². The molecular formula is C8H4IN3. The Bertz CT molecular complexity index is 467. The van der Waals surface area contributed by atoms with Crippen molar-refractivity contribution in [3.8, 4) is 6.07 Å². The summed E-state index contributed by atoms with van der Waals surface area (Å²) in [6.07, 6.45) is 1.75. The zero-order valence-electron chi connectivity index (χ0n) is 6.03. The topological polar surface area (TPSA) is 41.6 Å². The lowest BCUT2D eigenvalue weighted by Gasteiger charge is -1.90. The monoisotopic (exact) mass is 269 g/mol. The highest BCUT2D eigenvalue weighted by atomic mass is 127. The van der Waals surface area contributed by atoms with Crippen LogP contribution in [0.15, 0.2) is 24.4 Å². The lowest BCUT2D eigenvalue weighted by atomic mass is 10.2. The molecule has 0 spiro atoms. The third-order valence-electron chi connectivity index (χ3n) is 1.65. The van der Waals surface area contributed by atoms with Crippen LogP contribution in [-0.2, 0) is 0 Å². The van der Waals surface area contributed by atoms with Crippen LogP contribution in [0.2, 0.25) is 0 Å². The summed E-state index contributed by atoms with van der Waals surface area (Å²) < 4.78 is 1.76. The molecule has 0 atom stereocenters. The van der Waals surface area contributed by atoms with Crippen molar-refractivity contribution in [3.05, 3.63) is 30.0 Å². The summed E-state index contributed by atoms with van der Waals surface area (Å²) in [7, 11) is 0. The molecule has 0 radical (unpaired) electrons. The molecule has 0 fully saturated rings. The van der Waals surface area contributed by atoms with Crippen molar-refractivity contribution < 1.29 is 0 Å². The fourth-order valence-corrected chi connectivity index (χ4v) is 1.63. The van der Waals surface area contributed by atoms with Crippen molar-refractivity contribution in [1.29, 1.82) is 5.26 Å². The number of nitriles is 1. The Hall–Kier alpha value is -1.09. The van der Waals surface area contributed by atoms with Crippen molar-refractivity contribution >= 4 is 33.8 Å². The summed E-state index contributed by atoms with van der Waals surface area (Å²) in [4.78, 5) is 0. The molecule has 0 N–H and O–H groups in total. The summed E-state index contributed by atoms with van der Waals surface area (Å²) in [5.74, 6) is 0. The fraction of sp³-hybridized carbons (Fsp3) is 0. The van der Waals surface area contributed by atoms with Gasteiger partial charge in [0.15, 0.2) is 0 Å². The van der Waals surface area contributed by atoms with Gasteiger partial charge in [0, 0.05) is 5.39 Å². The van der Waals surface area contributed by atoms with E-state index in [1.54, 1.807) is 15.2 Å². The smallest absolute Gasteiger partial charge is 0.0991 e. The Morgan fingerprint density at radius 1 is 1.50 bits per heavy atom. The van der Waals surface area contributed by atoms with Gasteiger partial charge < -0.3 is 0 Å². The Labute approximate surface area is 83.1 Å². The highest BCUT2D eigenvalue weighted by molar-refractivity contribution is 14.1. The number of rotatable bonds is 0. The van der Waals surface area contributed by atoms with Crippen LogP contribution >= 0.6 is 22.9 Å². The second kappa shape index (κ2) is 2.75. The summed E-state index contributed by atoms with van der Waals surface area (Å²) in [5.41, 5.74) is 1.71. The molecule has 2 aromatic rings. The first-order valence-corrected chi connectivity index (χ1v) is 4.32. The van der Waals surface area contributed by atoms with Crippen LogP contribution in [0.25, 0.3) is 10.9 Å². The second-order valence-corrected chi connectivity index (χ2v) is 3.30. The molecule has 0 unspecified atom stereocenters. The number of halogens is 1. The molecule has 1 aromatic carbocycles. The molecular weight excluding hydrogens is 265 g/mol. The van der Waals surface area contributed by atoms with E-state index >= 15 is 0 Å². The van der Waals surface area contributed by atoms with Gasteiger partial charge in [0.2, 0.25) is 0 Å². The van der Waals surface area contributed by atoms with Crippen LogP contribution in [0.1, 0.15) is 5.56 Å². The molecule has 0 aliphatic rings. The maximum Gasteiger partial charge on any atom is 0.0991 e. The van der Waals surface area contributed by atoms with Crippen LogP contribution in [0.3, 0.4) is 0 Å². The average molecular weight is 269 g/mol. The van der Waals surface area contributed by atoms with E-state index in [0.29, 0.717) is 5.56 Å². The van der Waals surface area contributed by atoms with Gasteiger partial charge in [0.25, 0.3) is 0 Å². The highest BCUT2D eigenvalue weighted by Crippen LogP contribution is 2.16. The molecule has 3 nitrogen and oxygen atoms in total. The van der Waals surface area contributed by atoms with Crippen LogP contribution in [0.5, 0.6) is 0 Å². The van der Waals surface area contributed by atoms with Crippen molar-refractivity contribution in [1.82, 2.24) is 7.99 Å². The van der Waals surface area contributed by atoms with Gasteiger partial charge in [-0.05, 0) is 18.2 Å². The summed E-state index contributed by atoms with van der Waals surface area (Å²) in [5, 5.41) is 13.7. The molecule has 2 rings (SSSR count). The van der Waals surface area contributed by atoms with Gasteiger partial charge in [-0.25, -0.2) is 2.90 Å². The maximum absolute atomic E-state index is 8.62. The number of nitrogens with zero attached hydrogens (tertiary/aromatic N) is 3. The van der Waals surface area contributed by atoms with Gasteiger partial charge in [-0.1, -0.05) is 0 Å². The van der Waals surface area contributed by atoms with E-state index in [1.807, 2.05) is 12.1 Å². The number of hydrogen-bond donors (Lipinski definition) is 0. The first kappa shape index (κ1) is 7.55. The second-order valence-electron chi connectivity index (χ2n) is 2.39. The molecule has 12 heavy (non-hydrogen) atoms. The molecule has 1 heterocycles. The molecule has 4 heteroatoms. The lowest BCUT2D eigenvalue weighted by molar-refractivity contribution is 1.09. The summed E-state index contributed by atoms with van der Waals surface area (Å²) >= 11 is 2.10. The van der Waals surface area contributed by atoms with E-state index in [-0.39, 0.29) is 0 Å². The van der Waals surface area contributed by atoms with Gasteiger partial charge in [0.05, 0.1) is 46.2 Å². The standard InChI is InChI=1S/C8H4IN3/c9-12-8-2-1-6(4-10)3-7(8)5-11-12/h1-3,5H. The minimum Gasteiger partial charge on any atom is -0.204 e. The Morgan fingerprint density at radius 3 is 3.08 bits per heavy atom. The summed E-state index contributed by atoms with van der Waals surface area (Å²) in [6, 6.07) is 7.61. The van der Waals surface area contributed by atoms with Crippen molar-refractivity contribution in [3.63, 3.8) is 0 Å². The molecule has 0 aliphatic carbocycles. The van der Waals surface area contributed by atoms with E-state index in [0.717, 1.165) is 10.9 Å². The number of fused-ring (bicyclic) bond motifs is 1. The van der Waals surface area contributed by atoms with Crippen LogP contribution < -0.4 is 0 Å². The number of aromatic nitrogens is 2. The zero-order valence-corrected chi connectivity index (χ0v) is 8.19. The largest absolute Gasteiger partial charge is 0.204 e. The molecule has 0 saturated heterocycles. The zero-order chi connectivity index (χ0) is 8.55. The van der Waals surface area contributed by atoms with Gasteiger partial charge in [0.1, 0.15) is 0 Å². The average Bonchev–Trinajstić information content (AvgIpc) is 2.47. The van der Waals surface area contributed by atoms with Crippen molar-refractivity contribution in [2.45, 2.75) is 0 Å². The highest BCUT2D eigenvalue weighted by Gasteiger charge is 1.99. The normalized spacial score (nSPS) is 10.0. The van der Waals surface area contributed by atoms with Gasteiger partial charge >= 0.3 is 0 Å². The Balaban J connectivity index is 2.80. The van der Waals surface area contributed by atoms with Gasteiger partial charge in [-0.2, -0.15) is 10.4 Å². The quantitative estimate of drug-likeness (QED) is 0.687. The van der Waals surface area contributed by atoms with Crippen LogP contribution in [0, 0.1) is 11.3 Å². The third kappa shape index (κ3) is 1.06. The number of hydrogen-bond acceptors (Lipinski definition) is 2. The SMILES string of the molecule is N#Cc1ccc2c(cnn2I)c1. The van der Waals surface area contributed by atoms with E-state index in [1.165, 1.54) is 0 Å². The molecule has 58 valence electrons. The van der Waals surface area contributed by atoms with Crippen LogP contribution in [-0.4, -0.2) is 7.99 Å². The Kier molecular flexibility index (Phi) is 1.73. The first-order chi connectivity index (χ1) is 5.81. The van der Waals surface area contributed by atoms with Gasteiger partial charge in [-0.15, -0.1) is 0 Å². The molecule has 0 saturated carbocycles. The predicted octanol–water partition coefficient (Wildman–Crippen LogP) is 2.11. The van der Waals surface area contributed by atoms with Crippen LogP contribution in [0.4, 0.5) is 0 Å². The maximum atomic E-state index is 8.62. The molecule has 0 amide bonds. The minimum atomic E-state index is 0.673. The van der Waals surface area contributed by atoms with E-state index < -0.39 is 0 Å². The summed E-state index contributed by atoms with van der Waals surface area (Å²) in [6.45, 7) is 0. The lowest BCUT2D eigenvalue weighted by Crippen LogP contribution is -1.79. The first-order valence-electron chi connectivity index (χ1n) is 3.35. The van der Waals surface area contributed by atoms with Gasteiger partial charge in [-0.3, -0.25) is 0 Å². The van der Waals surface area contributed by atoms with E-state index in [9.17, 15) is 0 Å². The fourth-order valence-electron chi connectivity index (χ4n) is 1.07.